The van der Waals surface area contributed by atoms with Gasteiger partial charge in [-0.3, -0.25) is 34.1 Å². The van der Waals surface area contributed by atoms with Gasteiger partial charge in [0.2, 0.25) is 17.7 Å². The number of nitrogens with one attached hydrogen (secondary N) is 1. The zero-order valence-electron chi connectivity index (χ0n) is 22.1. The number of nitrogens with zero attached hydrogens (tertiary/aromatic N) is 3. The Morgan fingerprint density at radius 1 is 1.03 bits per heavy atom. The Kier molecular flexibility index (Phi) is 10.4. The van der Waals surface area contributed by atoms with Gasteiger partial charge in [0, 0.05) is 13.6 Å². The molecule has 0 bridgehead atoms. The maximum atomic E-state index is 13.7. The maximum absolute atomic E-state index is 13.7. The highest BCUT2D eigenvalue weighted by molar-refractivity contribution is 8.11. The first-order valence-corrected chi connectivity index (χ1v) is 13.9. The van der Waals surface area contributed by atoms with Crippen molar-refractivity contribution in [1.82, 2.24) is 15.1 Å². The van der Waals surface area contributed by atoms with Gasteiger partial charge in [-0.15, -0.1) is 0 Å². The Labute approximate surface area is 223 Å². The summed E-state index contributed by atoms with van der Waals surface area (Å²) in [4.78, 5) is 60.1. The average molecular weight is 538 g/mol. The smallest absolute Gasteiger partial charge is 0.264 e. The molecule has 2 aliphatic heterocycles. The minimum absolute atomic E-state index is 0.0924. The highest BCUT2D eigenvalue weighted by Crippen LogP contribution is 2.42. The molecule has 2 heterocycles. The fourth-order valence-corrected chi connectivity index (χ4v) is 5.99. The van der Waals surface area contributed by atoms with Gasteiger partial charge in [0.05, 0.1) is 0 Å². The SMILES string of the molecule is CCCC(C)C1(CC=CCN2C(=O)C(CC)(C(C)CCC)C(=O)N=C2SN)C(=O)NC(=S)N(C)C1=O. The van der Waals surface area contributed by atoms with Crippen molar-refractivity contribution in [3.8, 4) is 0 Å². The molecule has 1 saturated heterocycles. The van der Waals surface area contributed by atoms with E-state index in [4.69, 9.17) is 17.4 Å². The highest BCUT2D eigenvalue weighted by atomic mass is 32.2. The van der Waals surface area contributed by atoms with Gasteiger partial charge >= 0.3 is 0 Å². The maximum Gasteiger partial charge on any atom is 0.264 e. The van der Waals surface area contributed by atoms with Crippen molar-refractivity contribution < 1.29 is 19.2 Å². The van der Waals surface area contributed by atoms with Gasteiger partial charge in [-0.2, -0.15) is 4.99 Å². The summed E-state index contributed by atoms with van der Waals surface area (Å²) < 4.78 is 0. The monoisotopic (exact) mass is 537 g/mol. The second-order valence-electron chi connectivity index (χ2n) is 9.71. The molecule has 9 nitrogen and oxygen atoms in total. The van der Waals surface area contributed by atoms with Gasteiger partial charge in [-0.1, -0.05) is 59.6 Å². The average Bonchev–Trinajstić information content (AvgIpc) is 2.84. The number of hydrogen-bond acceptors (Lipinski definition) is 7. The molecule has 0 aromatic carbocycles. The van der Waals surface area contributed by atoms with Gasteiger partial charge in [0.25, 0.3) is 5.91 Å². The number of amides is 4. The molecular weight excluding hydrogens is 498 g/mol. The third-order valence-corrected chi connectivity index (χ3v) is 8.63. The van der Waals surface area contributed by atoms with Crippen LogP contribution in [0.1, 0.15) is 73.1 Å². The Balaban J connectivity index is 2.36. The van der Waals surface area contributed by atoms with E-state index in [9.17, 15) is 19.2 Å². The van der Waals surface area contributed by atoms with E-state index in [0.717, 1.165) is 31.2 Å². The molecule has 3 N–H and O–H groups in total. The molecule has 1 fully saturated rings. The van der Waals surface area contributed by atoms with Gasteiger partial charge in [0.15, 0.2) is 10.3 Å². The number of aliphatic imine (C=N–C) groups is 1. The fourth-order valence-electron chi connectivity index (χ4n) is 5.39. The highest BCUT2D eigenvalue weighted by Gasteiger charge is 2.55. The van der Waals surface area contributed by atoms with Crippen molar-refractivity contribution in [2.24, 2.45) is 32.8 Å². The van der Waals surface area contributed by atoms with Crippen LogP contribution in [0.4, 0.5) is 0 Å². The van der Waals surface area contributed by atoms with Crippen LogP contribution in [0, 0.1) is 22.7 Å². The van der Waals surface area contributed by atoms with Crippen LogP contribution in [-0.4, -0.2) is 57.3 Å². The minimum atomic E-state index is -1.30. The van der Waals surface area contributed by atoms with E-state index in [-0.39, 0.29) is 46.9 Å². The lowest BCUT2D eigenvalue weighted by atomic mass is 9.69. The molecule has 0 spiro atoms. The summed E-state index contributed by atoms with van der Waals surface area (Å²) in [6.45, 7) is 9.80. The van der Waals surface area contributed by atoms with E-state index < -0.39 is 22.6 Å². The zero-order valence-corrected chi connectivity index (χ0v) is 23.8. The minimum Gasteiger partial charge on any atom is -0.302 e. The van der Waals surface area contributed by atoms with E-state index in [1.54, 1.807) is 19.2 Å². The lowest BCUT2D eigenvalue weighted by Crippen LogP contribution is -2.64. The van der Waals surface area contributed by atoms with E-state index in [1.807, 2.05) is 34.6 Å². The van der Waals surface area contributed by atoms with Crippen molar-refractivity contribution in [1.29, 1.82) is 0 Å². The van der Waals surface area contributed by atoms with Crippen LogP contribution in [0.25, 0.3) is 0 Å². The summed E-state index contributed by atoms with van der Waals surface area (Å²) >= 11 is 5.89. The predicted molar refractivity (Wildman–Crippen MR) is 147 cm³/mol. The largest absolute Gasteiger partial charge is 0.302 e. The summed E-state index contributed by atoms with van der Waals surface area (Å²) in [7, 11) is 1.56. The van der Waals surface area contributed by atoms with E-state index in [1.165, 1.54) is 9.80 Å². The molecule has 200 valence electrons. The van der Waals surface area contributed by atoms with Crippen LogP contribution in [0.2, 0.25) is 0 Å². The zero-order chi connectivity index (χ0) is 27.3. The predicted octanol–water partition coefficient (Wildman–Crippen LogP) is 3.39. The van der Waals surface area contributed by atoms with Crippen LogP contribution in [0.15, 0.2) is 17.1 Å². The number of thiocarbonyl (C=S) groups is 1. The standard InChI is InChI=1S/C25H39N5O4S2/c1-7-12-16(4)24(9-3)18(31)28-23(36-26)30(21(24)34)15-11-10-14-25(17(5)13-8-2)19(32)27-22(35)29(6)20(25)33/h10-11,16-17H,7-9,12-15,26H2,1-6H3,(H,27,32,35). The van der Waals surface area contributed by atoms with E-state index in [0.29, 0.717) is 12.8 Å². The summed E-state index contributed by atoms with van der Waals surface area (Å²) in [5.74, 6) is -1.89. The van der Waals surface area contributed by atoms with Crippen molar-refractivity contribution in [2.75, 3.05) is 13.6 Å². The van der Waals surface area contributed by atoms with Crippen LogP contribution in [0.5, 0.6) is 0 Å². The van der Waals surface area contributed by atoms with Crippen molar-refractivity contribution in [2.45, 2.75) is 73.1 Å². The molecule has 36 heavy (non-hydrogen) atoms. The summed E-state index contributed by atoms with van der Waals surface area (Å²) in [6, 6.07) is 0. The molecule has 4 amide bonds. The number of rotatable bonds is 11. The lowest BCUT2D eigenvalue weighted by Gasteiger charge is -2.42. The summed E-state index contributed by atoms with van der Waals surface area (Å²) in [5.41, 5.74) is -2.52. The molecule has 0 aliphatic carbocycles. The lowest BCUT2D eigenvalue weighted by molar-refractivity contribution is -0.154. The van der Waals surface area contributed by atoms with Crippen LogP contribution in [-0.2, 0) is 19.2 Å². The topological polar surface area (TPSA) is 125 Å². The first kappa shape index (κ1) is 30.1. The first-order chi connectivity index (χ1) is 17.0. The second kappa shape index (κ2) is 12.4. The molecule has 4 atom stereocenters. The number of carbonyl (C=O) groups excluding carboxylic acids is 4. The third-order valence-electron chi connectivity index (χ3n) is 7.74. The molecule has 0 radical (unpaired) electrons. The molecule has 2 aliphatic rings. The molecular formula is C25H39N5O4S2. The number of hydrogen-bond donors (Lipinski definition) is 2. The molecule has 0 saturated carbocycles. The summed E-state index contributed by atoms with van der Waals surface area (Å²) in [5, 5.41) is 8.68. The Morgan fingerprint density at radius 3 is 2.14 bits per heavy atom. The molecule has 0 aromatic rings. The van der Waals surface area contributed by atoms with E-state index >= 15 is 0 Å². The Hall–Kier alpha value is -2.11. The van der Waals surface area contributed by atoms with Crippen molar-refractivity contribution in [3.63, 3.8) is 0 Å². The molecule has 4 unspecified atom stereocenters. The number of allylic oxidation sites excluding steroid dienone is 1. The normalized spacial score (nSPS) is 27.0. The number of carbonyl (C=O) groups is 4. The van der Waals surface area contributed by atoms with Crippen LogP contribution < -0.4 is 10.5 Å². The summed E-state index contributed by atoms with van der Waals surface area (Å²) in [6.07, 6.45) is 7.06. The fraction of sp³-hybridized carbons (Fsp3) is 0.680. The van der Waals surface area contributed by atoms with Crippen molar-refractivity contribution >= 4 is 58.1 Å². The van der Waals surface area contributed by atoms with E-state index in [2.05, 4.69) is 10.3 Å². The van der Waals surface area contributed by atoms with Gasteiger partial charge in [0.1, 0.15) is 10.8 Å². The first-order valence-electron chi connectivity index (χ1n) is 12.6. The number of nitrogens with two attached hydrogens (primary N) is 1. The van der Waals surface area contributed by atoms with Crippen LogP contribution >= 0.6 is 24.2 Å². The molecule has 11 heteroatoms. The molecule has 2 rings (SSSR count). The van der Waals surface area contributed by atoms with Crippen molar-refractivity contribution in [3.05, 3.63) is 12.2 Å². The van der Waals surface area contributed by atoms with Crippen LogP contribution in [0.3, 0.4) is 0 Å². The number of amidine groups is 1. The second-order valence-corrected chi connectivity index (χ2v) is 10.7. The van der Waals surface area contributed by atoms with Gasteiger partial charge in [-0.25, -0.2) is 0 Å². The third kappa shape index (κ3) is 5.15. The Morgan fingerprint density at radius 2 is 1.61 bits per heavy atom. The Bertz CT molecular complexity index is 968. The molecule has 0 aromatic heterocycles. The van der Waals surface area contributed by atoms with Gasteiger partial charge in [-0.05, 0) is 61.7 Å². The van der Waals surface area contributed by atoms with Gasteiger partial charge < -0.3 is 5.32 Å². The quantitative estimate of drug-likeness (QED) is 0.179.